The van der Waals surface area contributed by atoms with E-state index in [1.165, 1.54) is 18.4 Å². The summed E-state index contributed by atoms with van der Waals surface area (Å²) in [5.74, 6) is 2.01. The van der Waals surface area contributed by atoms with Gasteiger partial charge in [0.05, 0.1) is 12.0 Å². The molecule has 1 saturated carbocycles. The fourth-order valence-corrected chi connectivity index (χ4v) is 3.98. The van der Waals surface area contributed by atoms with E-state index in [1.54, 1.807) is 7.11 Å². The molecule has 4 heteroatoms. The van der Waals surface area contributed by atoms with Crippen LogP contribution in [0.2, 0.25) is 0 Å². The first kappa shape index (κ1) is 17.3. The molecule has 2 fully saturated rings. The van der Waals surface area contributed by atoms with Gasteiger partial charge in [0.15, 0.2) is 0 Å². The first-order valence-electron chi connectivity index (χ1n) is 9.13. The maximum Gasteiger partial charge on any atom is 0.229 e. The first-order valence-corrected chi connectivity index (χ1v) is 9.13. The largest absolute Gasteiger partial charge is 0.491 e. The molecular weight excluding hydrogens is 302 g/mol. The molecule has 0 radical (unpaired) electrons. The normalized spacial score (nSPS) is 27.0. The van der Waals surface area contributed by atoms with Gasteiger partial charge in [-0.3, -0.25) is 4.79 Å². The SMILES string of the molecule is COCCOc1ccc(CN2CCC3(CCC(C)CC3)C2=O)cc1. The minimum atomic E-state index is -0.0459. The highest BCUT2D eigenvalue weighted by atomic mass is 16.5. The highest BCUT2D eigenvalue weighted by Crippen LogP contribution is 2.46. The van der Waals surface area contributed by atoms with Gasteiger partial charge in [0, 0.05) is 20.2 Å². The molecule has 24 heavy (non-hydrogen) atoms. The molecule has 1 heterocycles. The Morgan fingerprint density at radius 2 is 1.83 bits per heavy atom. The molecule has 2 aliphatic rings. The summed E-state index contributed by atoms with van der Waals surface area (Å²) in [6, 6.07) is 8.07. The first-order chi connectivity index (χ1) is 11.6. The number of methoxy groups -OCH3 is 1. The third-order valence-corrected chi connectivity index (χ3v) is 5.69. The Labute approximate surface area is 145 Å². The van der Waals surface area contributed by atoms with Crippen molar-refractivity contribution in [3.8, 4) is 5.75 Å². The predicted octanol–water partition coefficient (Wildman–Crippen LogP) is 3.64. The van der Waals surface area contributed by atoms with Crippen LogP contribution in [0.15, 0.2) is 24.3 Å². The Morgan fingerprint density at radius 3 is 2.50 bits per heavy atom. The second-order valence-electron chi connectivity index (χ2n) is 7.42. The fourth-order valence-electron chi connectivity index (χ4n) is 3.98. The van der Waals surface area contributed by atoms with Gasteiger partial charge in [0.25, 0.3) is 0 Å². The number of carbonyl (C=O) groups is 1. The van der Waals surface area contributed by atoms with Gasteiger partial charge in [0.1, 0.15) is 12.4 Å². The summed E-state index contributed by atoms with van der Waals surface area (Å²) in [6.45, 7) is 5.07. The van der Waals surface area contributed by atoms with Crippen molar-refractivity contribution in [1.82, 2.24) is 4.90 Å². The van der Waals surface area contributed by atoms with Crippen LogP contribution in [0.5, 0.6) is 5.75 Å². The molecule has 1 spiro atoms. The van der Waals surface area contributed by atoms with E-state index in [2.05, 4.69) is 24.0 Å². The third kappa shape index (κ3) is 3.75. The van der Waals surface area contributed by atoms with E-state index in [0.717, 1.165) is 37.5 Å². The number of likely N-dealkylation sites (tertiary alicyclic amines) is 1. The molecule has 1 amide bonds. The van der Waals surface area contributed by atoms with Crippen molar-refractivity contribution in [1.29, 1.82) is 0 Å². The van der Waals surface area contributed by atoms with Gasteiger partial charge in [-0.15, -0.1) is 0 Å². The smallest absolute Gasteiger partial charge is 0.229 e. The Morgan fingerprint density at radius 1 is 1.12 bits per heavy atom. The van der Waals surface area contributed by atoms with Crippen LogP contribution in [-0.4, -0.2) is 37.7 Å². The average molecular weight is 331 g/mol. The summed E-state index contributed by atoms with van der Waals surface area (Å²) in [6.07, 6.45) is 5.60. The molecule has 4 nitrogen and oxygen atoms in total. The standard InChI is InChI=1S/C20H29NO3/c1-16-7-9-20(10-8-16)11-12-21(19(20)22)15-17-3-5-18(6-4-17)24-14-13-23-2/h3-6,16H,7-15H2,1-2H3. The summed E-state index contributed by atoms with van der Waals surface area (Å²) in [4.78, 5) is 15.0. The number of hydrogen-bond acceptors (Lipinski definition) is 3. The lowest BCUT2D eigenvalue weighted by molar-refractivity contribution is -0.138. The zero-order valence-electron chi connectivity index (χ0n) is 14.9. The van der Waals surface area contributed by atoms with Crippen LogP contribution in [0.3, 0.4) is 0 Å². The van der Waals surface area contributed by atoms with Gasteiger partial charge in [0.2, 0.25) is 5.91 Å². The summed E-state index contributed by atoms with van der Waals surface area (Å²) < 4.78 is 10.6. The number of amides is 1. The van der Waals surface area contributed by atoms with E-state index in [1.807, 2.05) is 12.1 Å². The van der Waals surface area contributed by atoms with Crippen molar-refractivity contribution < 1.29 is 14.3 Å². The zero-order chi connectivity index (χ0) is 17.0. The Balaban J connectivity index is 1.56. The van der Waals surface area contributed by atoms with E-state index in [0.29, 0.717) is 25.7 Å². The van der Waals surface area contributed by atoms with E-state index < -0.39 is 0 Å². The topological polar surface area (TPSA) is 38.8 Å². The molecule has 1 aromatic rings. The van der Waals surface area contributed by atoms with Crippen molar-refractivity contribution in [2.45, 2.75) is 45.6 Å². The van der Waals surface area contributed by atoms with E-state index in [-0.39, 0.29) is 5.41 Å². The second-order valence-corrected chi connectivity index (χ2v) is 7.42. The van der Waals surface area contributed by atoms with Gasteiger partial charge in [-0.05, 0) is 55.7 Å². The Kier molecular flexibility index (Phi) is 5.44. The van der Waals surface area contributed by atoms with Crippen molar-refractivity contribution in [2.24, 2.45) is 11.3 Å². The highest BCUT2D eigenvalue weighted by Gasteiger charge is 2.47. The number of nitrogens with zero attached hydrogens (tertiary/aromatic N) is 1. The molecule has 0 aromatic heterocycles. The third-order valence-electron chi connectivity index (χ3n) is 5.69. The van der Waals surface area contributed by atoms with Crippen LogP contribution in [0.4, 0.5) is 0 Å². The minimum Gasteiger partial charge on any atom is -0.491 e. The number of benzene rings is 1. The number of ether oxygens (including phenoxy) is 2. The second kappa shape index (κ2) is 7.56. The van der Waals surface area contributed by atoms with Gasteiger partial charge in [-0.2, -0.15) is 0 Å². The molecule has 132 valence electrons. The molecule has 3 rings (SSSR count). The monoisotopic (exact) mass is 331 g/mol. The van der Waals surface area contributed by atoms with Gasteiger partial charge >= 0.3 is 0 Å². The lowest BCUT2D eigenvalue weighted by atomic mass is 9.70. The zero-order valence-corrected chi connectivity index (χ0v) is 14.9. The maximum absolute atomic E-state index is 12.9. The van der Waals surface area contributed by atoms with Crippen LogP contribution in [-0.2, 0) is 16.1 Å². The maximum atomic E-state index is 12.9. The van der Waals surface area contributed by atoms with E-state index in [4.69, 9.17) is 9.47 Å². The van der Waals surface area contributed by atoms with Crippen LogP contribution in [0, 0.1) is 11.3 Å². The summed E-state index contributed by atoms with van der Waals surface area (Å²) >= 11 is 0. The number of hydrogen-bond donors (Lipinski definition) is 0. The predicted molar refractivity (Wildman–Crippen MR) is 93.9 cm³/mol. The van der Waals surface area contributed by atoms with Gasteiger partial charge in [-0.1, -0.05) is 19.1 Å². The highest BCUT2D eigenvalue weighted by molar-refractivity contribution is 5.85. The van der Waals surface area contributed by atoms with Gasteiger partial charge < -0.3 is 14.4 Å². The Bertz CT molecular complexity index is 547. The quantitative estimate of drug-likeness (QED) is 0.747. The lowest BCUT2D eigenvalue weighted by Crippen LogP contribution is -2.36. The lowest BCUT2D eigenvalue weighted by Gasteiger charge is -2.34. The van der Waals surface area contributed by atoms with Crippen molar-refractivity contribution >= 4 is 5.91 Å². The van der Waals surface area contributed by atoms with Crippen LogP contribution >= 0.6 is 0 Å². The van der Waals surface area contributed by atoms with Gasteiger partial charge in [-0.25, -0.2) is 0 Å². The Hall–Kier alpha value is -1.55. The van der Waals surface area contributed by atoms with Crippen molar-refractivity contribution in [3.05, 3.63) is 29.8 Å². The molecule has 1 saturated heterocycles. The van der Waals surface area contributed by atoms with E-state index in [9.17, 15) is 4.79 Å². The molecular formula is C20H29NO3. The summed E-state index contributed by atoms with van der Waals surface area (Å²) in [7, 11) is 1.67. The minimum absolute atomic E-state index is 0.0459. The molecule has 1 aliphatic heterocycles. The number of carbonyl (C=O) groups excluding carboxylic acids is 1. The molecule has 0 unspecified atom stereocenters. The van der Waals surface area contributed by atoms with Crippen LogP contribution < -0.4 is 4.74 Å². The average Bonchev–Trinajstić information content (AvgIpc) is 2.89. The van der Waals surface area contributed by atoms with Crippen molar-refractivity contribution in [2.75, 3.05) is 26.9 Å². The van der Waals surface area contributed by atoms with E-state index >= 15 is 0 Å². The van der Waals surface area contributed by atoms with Crippen LogP contribution in [0.25, 0.3) is 0 Å². The van der Waals surface area contributed by atoms with Crippen LogP contribution in [0.1, 0.15) is 44.6 Å². The summed E-state index contributed by atoms with van der Waals surface area (Å²) in [5, 5.41) is 0. The molecule has 1 aliphatic carbocycles. The van der Waals surface area contributed by atoms with Crippen molar-refractivity contribution in [3.63, 3.8) is 0 Å². The molecule has 0 bridgehead atoms. The number of rotatable bonds is 6. The molecule has 0 N–H and O–H groups in total. The molecule has 0 atom stereocenters. The fraction of sp³-hybridized carbons (Fsp3) is 0.650. The molecule has 1 aromatic carbocycles. The summed E-state index contributed by atoms with van der Waals surface area (Å²) in [5.41, 5.74) is 1.12.